The maximum absolute atomic E-state index is 5.81. The normalized spacial score (nSPS) is 11.2. The predicted octanol–water partition coefficient (Wildman–Crippen LogP) is 4.02. The maximum Gasteiger partial charge on any atom is 0.191 e. The molecule has 0 aliphatic heterocycles. The monoisotopic (exact) mass is 507 g/mol. The molecule has 0 saturated carbocycles. The highest BCUT2D eigenvalue weighted by molar-refractivity contribution is 14.0. The highest BCUT2D eigenvalue weighted by atomic mass is 127. The number of hydrogen-bond acceptors (Lipinski definition) is 4. The van der Waals surface area contributed by atoms with Crippen molar-refractivity contribution in [1.82, 2.24) is 20.6 Å². The first kappa shape index (κ1) is 23.1. The van der Waals surface area contributed by atoms with Gasteiger partial charge in [0.2, 0.25) is 0 Å². The third-order valence-electron chi connectivity index (χ3n) is 3.71. The Morgan fingerprint density at radius 2 is 2.04 bits per heavy atom. The van der Waals surface area contributed by atoms with E-state index in [1.165, 1.54) is 15.6 Å². The van der Waals surface area contributed by atoms with Crippen LogP contribution in [0.2, 0.25) is 5.15 Å². The minimum Gasteiger partial charge on any atom is -0.357 e. The lowest BCUT2D eigenvalue weighted by atomic mass is 10.2. The molecule has 144 valence electrons. The van der Waals surface area contributed by atoms with Gasteiger partial charge in [-0.2, -0.15) is 0 Å². The van der Waals surface area contributed by atoms with Crippen LogP contribution < -0.4 is 10.6 Å². The fourth-order valence-corrected chi connectivity index (χ4v) is 3.53. The standard InChI is InChI=1S/C18H26ClN5S.HI/c1-4-15-13(3)25-17(24-15)9-11-22-18(20-5-2)21-10-8-14-6-7-16(19)23-12-14;/h6-7,12H,4-5,8-11H2,1-3H3,(H2,20,21,22);1H. The van der Waals surface area contributed by atoms with Crippen molar-refractivity contribution in [2.75, 3.05) is 19.6 Å². The summed E-state index contributed by atoms with van der Waals surface area (Å²) in [6.07, 6.45) is 4.56. The SMILES string of the molecule is CCNC(=NCCc1nc(CC)c(C)s1)NCCc1ccc(Cl)nc1.I. The minimum absolute atomic E-state index is 0. The molecule has 5 nitrogen and oxygen atoms in total. The van der Waals surface area contributed by atoms with Gasteiger partial charge in [-0.05, 0) is 38.3 Å². The molecule has 0 spiro atoms. The lowest BCUT2D eigenvalue weighted by Gasteiger charge is -2.11. The van der Waals surface area contributed by atoms with Crippen LogP contribution in [0.1, 0.15) is 35.0 Å². The first-order valence-corrected chi connectivity index (χ1v) is 9.89. The van der Waals surface area contributed by atoms with Crippen LogP contribution in [0.25, 0.3) is 0 Å². The molecule has 2 heterocycles. The Bertz CT molecular complexity index is 687. The summed E-state index contributed by atoms with van der Waals surface area (Å²) in [7, 11) is 0. The fourth-order valence-electron chi connectivity index (χ4n) is 2.41. The van der Waals surface area contributed by atoms with Gasteiger partial charge in [0.1, 0.15) is 5.15 Å². The molecular weight excluding hydrogens is 481 g/mol. The second kappa shape index (κ2) is 12.5. The number of hydrogen-bond donors (Lipinski definition) is 2. The van der Waals surface area contributed by atoms with Crippen molar-refractivity contribution in [3.05, 3.63) is 44.6 Å². The third-order valence-corrected chi connectivity index (χ3v) is 5.00. The molecule has 2 N–H and O–H groups in total. The van der Waals surface area contributed by atoms with Crippen molar-refractivity contribution in [3.63, 3.8) is 0 Å². The maximum atomic E-state index is 5.81. The van der Waals surface area contributed by atoms with Crippen molar-refractivity contribution in [1.29, 1.82) is 0 Å². The van der Waals surface area contributed by atoms with Gasteiger partial charge in [-0.1, -0.05) is 24.6 Å². The molecule has 0 radical (unpaired) electrons. The van der Waals surface area contributed by atoms with E-state index in [0.717, 1.165) is 50.4 Å². The number of nitrogens with one attached hydrogen (secondary N) is 2. The number of aromatic nitrogens is 2. The first-order valence-electron chi connectivity index (χ1n) is 8.70. The largest absolute Gasteiger partial charge is 0.357 e. The topological polar surface area (TPSA) is 62.2 Å². The van der Waals surface area contributed by atoms with E-state index in [4.69, 9.17) is 11.6 Å². The Morgan fingerprint density at radius 1 is 1.23 bits per heavy atom. The molecule has 0 bridgehead atoms. The van der Waals surface area contributed by atoms with Crippen LogP contribution in [0.4, 0.5) is 0 Å². The molecule has 0 amide bonds. The van der Waals surface area contributed by atoms with Crippen molar-refractivity contribution in [2.45, 2.75) is 40.0 Å². The number of halogens is 2. The molecule has 2 aromatic rings. The molecular formula is C18H27ClIN5S. The second-order valence-corrected chi connectivity index (χ2v) is 7.32. The number of nitrogens with zero attached hydrogens (tertiary/aromatic N) is 3. The van der Waals surface area contributed by atoms with E-state index in [-0.39, 0.29) is 24.0 Å². The Hall–Kier alpha value is -0.930. The summed E-state index contributed by atoms with van der Waals surface area (Å²) in [6, 6.07) is 3.81. The second-order valence-electron chi connectivity index (χ2n) is 5.64. The summed E-state index contributed by atoms with van der Waals surface area (Å²) in [6.45, 7) is 8.72. The number of aliphatic imine (C=N–C) groups is 1. The van der Waals surface area contributed by atoms with Crippen molar-refractivity contribution < 1.29 is 0 Å². The Balaban J connectivity index is 0.00000338. The fraction of sp³-hybridized carbons (Fsp3) is 0.500. The predicted molar refractivity (Wildman–Crippen MR) is 122 cm³/mol. The van der Waals surface area contributed by atoms with E-state index in [0.29, 0.717) is 5.15 Å². The van der Waals surface area contributed by atoms with Crippen molar-refractivity contribution >= 4 is 52.9 Å². The molecule has 0 aliphatic rings. The summed E-state index contributed by atoms with van der Waals surface area (Å²) >= 11 is 7.59. The molecule has 0 atom stereocenters. The van der Waals surface area contributed by atoms with Crippen LogP contribution >= 0.6 is 46.9 Å². The Kier molecular flexibility index (Phi) is 11.1. The van der Waals surface area contributed by atoms with Crippen LogP contribution in [-0.4, -0.2) is 35.6 Å². The molecule has 2 rings (SSSR count). The van der Waals surface area contributed by atoms with Gasteiger partial charge in [-0.3, -0.25) is 4.99 Å². The molecule has 0 aliphatic carbocycles. The zero-order chi connectivity index (χ0) is 18.1. The number of rotatable bonds is 8. The van der Waals surface area contributed by atoms with E-state index in [1.807, 2.05) is 18.3 Å². The van der Waals surface area contributed by atoms with E-state index < -0.39 is 0 Å². The Morgan fingerprint density at radius 3 is 2.65 bits per heavy atom. The van der Waals surface area contributed by atoms with Crippen LogP contribution in [0.15, 0.2) is 23.3 Å². The lowest BCUT2D eigenvalue weighted by molar-refractivity contribution is 0.794. The van der Waals surface area contributed by atoms with Gasteiger partial charge in [0.25, 0.3) is 0 Å². The van der Waals surface area contributed by atoms with Gasteiger partial charge in [-0.15, -0.1) is 35.3 Å². The van der Waals surface area contributed by atoms with Crippen LogP contribution in [0.3, 0.4) is 0 Å². The molecule has 0 aromatic carbocycles. The molecule has 26 heavy (non-hydrogen) atoms. The Labute approximate surface area is 182 Å². The summed E-state index contributed by atoms with van der Waals surface area (Å²) in [5.74, 6) is 0.841. The van der Waals surface area contributed by atoms with Gasteiger partial charge in [0.15, 0.2) is 5.96 Å². The minimum atomic E-state index is 0. The number of aryl methyl sites for hydroxylation is 2. The van der Waals surface area contributed by atoms with Crippen molar-refractivity contribution in [3.8, 4) is 0 Å². The molecule has 0 saturated heterocycles. The highest BCUT2D eigenvalue weighted by Gasteiger charge is 2.05. The smallest absolute Gasteiger partial charge is 0.191 e. The summed E-state index contributed by atoms with van der Waals surface area (Å²) < 4.78 is 0. The summed E-state index contributed by atoms with van der Waals surface area (Å²) in [5.41, 5.74) is 2.36. The zero-order valence-corrected chi connectivity index (χ0v) is 19.4. The number of guanidine groups is 1. The van der Waals surface area contributed by atoms with Gasteiger partial charge in [0.05, 0.1) is 10.7 Å². The van der Waals surface area contributed by atoms with E-state index in [9.17, 15) is 0 Å². The van der Waals surface area contributed by atoms with Crippen molar-refractivity contribution in [2.24, 2.45) is 4.99 Å². The van der Waals surface area contributed by atoms with Crippen LogP contribution in [0, 0.1) is 6.92 Å². The van der Waals surface area contributed by atoms with Crippen LogP contribution in [-0.2, 0) is 19.3 Å². The van der Waals surface area contributed by atoms with E-state index in [2.05, 4.69) is 46.4 Å². The highest BCUT2D eigenvalue weighted by Crippen LogP contribution is 2.18. The quantitative estimate of drug-likeness (QED) is 0.245. The van der Waals surface area contributed by atoms with E-state index >= 15 is 0 Å². The average Bonchev–Trinajstić information content (AvgIpc) is 2.96. The molecule has 2 aromatic heterocycles. The molecule has 0 unspecified atom stereocenters. The number of thiazole rings is 1. The molecule has 8 heteroatoms. The van der Waals surface area contributed by atoms with Crippen LogP contribution in [0.5, 0.6) is 0 Å². The first-order chi connectivity index (χ1) is 12.1. The van der Waals surface area contributed by atoms with E-state index in [1.54, 1.807) is 11.3 Å². The third kappa shape index (κ3) is 7.75. The summed E-state index contributed by atoms with van der Waals surface area (Å²) in [4.78, 5) is 14.7. The lowest BCUT2D eigenvalue weighted by Crippen LogP contribution is -2.38. The number of pyridine rings is 1. The van der Waals surface area contributed by atoms with Gasteiger partial charge in [0, 0.05) is 37.1 Å². The average molecular weight is 508 g/mol. The van der Waals surface area contributed by atoms with Gasteiger partial charge >= 0.3 is 0 Å². The van der Waals surface area contributed by atoms with Gasteiger partial charge < -0.3 is 10.6 Å². The zero-order valence-electron chi connectivity index (χ0n) is 15.5. The van der Waals surface area contributed by atoms with Gasteiger partial charge in [-0.25, -0.2) is 9.97 Å². The molecule has 0 fully saturated rings. The summed E-state index contributed by atoms with van der Waals surface area (Å²) in [5, 5.41) is 8.33.